The smallest absolute Gasteiger partial charge is 0.261 e. The van der Waals surface area contributed by atoms with Gasteiger partial charge in [0.05, 0.1) is 24.1 Å². The van der Waals surface area contributed by atoms with Crippen molar-refractivity contribution in [2.45, 2.75) is 31.8 Å². The lowest BCUT2D eigenvalue weighted by Gasteiger charge is -2.24. The summed E-state index contributed by atoms with van der Waals surface area (Å²) in [6.07, 6.45) is 5.39. The van der Waals surface area contributed by atoms with Gasteiger partial charge in [0.2, 0.25) is 5.91 Å². The molecule has 9 heteroatoms. The largest absolute Gasteiger partial charge is 0.383 e. The topological polar surface area (TPSA) is 89.4 Å². The first-order chi connectivity index (χ1) is 12.7. The van der Waals surface area contributed by atoms with Gasteiger partial charge in [0.15, 0.2) is 0 Å². The zero-order valence-electron chi connectivity index (χ0n) is 14.8. The molecule has 2 amide bonds. The number of methoxy groups -OCH3 is 1. The maximum Gasteiger partial charge on any atom is 0.261 e. The Morgan fingerprint density at radius 1 is 1.42 bits per heavy atom. The Morgan fingerprint density at radius 2 is 2.31 bits per heavy atom. The average Bonchev–Trinajstić information content (AvgIpc) is 3.40. The number of amides is 2. The minimum Gasteiger partial charge on any atom is -0.383 e. The van der Waals surface area contributed by atoms with Gasteiger partial charge in [0.1, 0.15) is 12.7 Å². The molecule has 1 aliphatic heterocycles. The van der Waals surface area contributed by atoms with Gasteiger partial charge < -0.3 is 15.0 Å². The number of ether oxygens (including phenoxy) is 1. The van der Waals surface area contributed by atoms with Crippen molar-refractivity contribution in [1.29, 1.82) is 0 Å². The number of likely N-dealkylation sites (tertiary alicyclic amines) is 1. The van der Waals surface area contributed by atoms with Crippen molar-refractivity contribution in [2.24, 2.45) is 0 Å². The molecule has 140 valence electrons. The normalized spacial score (nSPS) is 16.8. The van der Waals surface area contributed by atoms with E-state index in [0.717, 1.165) is 24.3 Å². The lowest BCUT2D eigenvalue weighted by molar-refractivity contribution is -0.132. The van der Waals surface area contributed by atoms with Crippen LogP contribution >= 0.6 is 11.3 Å². The lowest BCUT2D eigenvalue weighted by atomic mass is 10.2. The minimum absolute atomic E-state index is 0.0590. The van der Waals surface area contributed by atoms with Crippen LogP contribution in [0.5, 0.6) is 0 Å². The van der Waals surface area contributed by atoms with Crippen molar-refractivity contribution in [2.75, 3.05) is 26.8 Å². The summed E-state index contributed by atoms with van der Waals surface area (Å²) in [6.45, 7) is 2.26. The molecular weight excluding hydrogens is 354 g/mol. The van der Waals surface area contributed by atoms with E-state index in [1.807, 2.05) is 17.0 Å². The fourth-order valence-electron chi connectivity index (χ4n) is 3.07. The summed E-state index contributed by atoms with van der Waals surface area (Å²) < 4.78 is 6.60. The van der Waals surface area contributed by atoms with E-state index in [2.05, 4.69) is 15.4 Å². The summed E-state index contributed by atoms with van der Waals surface area (Å²) in [7, 11) is 1.60. The quantitative estimate of drug-likeness (QED) is 0.704. The molecule has 0 spiro atoms. The first kappa shape index (κ1) is 18.5. The maximum atomic E-state index is 12.6. The minimum atomic E-state index is -0.0969. The SMILES string of the molecule is COCCNC(=O)c1ccc(C2CCCN2C(=O)CCn2cncn2)s1. The molecule has 1 fully saturated rings. The molecule has 26 heavy (non-hydrogen) atoms. The number of nitrogens with zero attached hydrogens (tertiary/aromatic N) is 4. The third kappa shape index (κ3) is 4.47. The van der Waals surface area contributed by atoms with Gasteiger partial charge in [-0.1, -0.05) is 0 Å². The Labute approximate surface area is 156 Å². The first-order valence-electron chi connectivity index (χ1n) is 8.68. The lowest BCUT2D eigenvalue weighted by Crippen LogP contribution is -2.30. The second-order valence-electron chi connectivity index (χ2n) is 6.10. The van der Waals surface area contributed by atoms with E-state index < -0.39 is 0 Å². The van der Waals surface area contributed by atoms with Gasteiger partial charge >= 0.3 is 0 Å². The van der Waals surface area contributed by atoms with Crippen LogP contribution in [-0.2, 0) is 16.1 Å². The Bertz CT molecular complexity index is 731. The van der Waals surface area contributed by atoms with Gasteiger partial charge in [0, 0.05) is 31.5 Å². The molecule has 0 saturated carbocycles. The van der Waals surface area contributed by atoms with Crippen LogP contribution in [0, 0.1) is 0 Å². The fraction of sp³-hybridized carbons (Fsp3) is 0.529. The van der Waals surface area contributed by atoms with Gasteiger partial charge in [-0.05, 0) is 25.0 Å². The van der Waals surface area contributed by atoms with Crippen LogP contribution < -0.4 is 5.32 Å². The van der Waals surface area contributed by atoms with Crippen LogP contribution in [-0.4, -0.2) is 58.3 Å². The Morgan fingerprint density at radius 3 is 3.08 bits per heavy atom. The Balaban J connectivity index is 1.59. The summed E-state index contributed by atoms with van der Waals surface area (Å²) in [5.41, 5.74) is 0. The van der Waals surface area contributed by atoms with Crippen molar-refractivity contribution >= 4 is 23.2 Å². The van der Waals surface area contributed by atoms with E-state index in [1.54, 1.807) is 18.1 Å². The van der Waals surface area contributed by atoms with E-state index in [9.17, 15) is 9.59 Å². The molecule has 0 bridgehead atoms. The highest BCUT2D eigenvalue weighted by molar-refractivity contribution is 7.14. The average molecular weight is 377 g/mol. The third-order valence-electron chi connectivity index (χ3n) is 4.37. The third-order valence-corrected chi connectivity index (χ3v) is 5.55. The fourth-order valence-corrected chi connectivity index (χ4v) is 4.14. The van der Waals surface area contributed by atoms with Crippen molar-refractivity contribution in [3.63, 3.8) is 0 Å². The molecular formula is C17H23N5O3S. The van der Waals surface area contributed by atoms with Crippen LogP contribution in [0.25, 0.3) is 0 Å². The highest BCUT2D eigenvalue weighted by Crippen LogP contribution is 2.36. The number of rotatable bonds is 8. The molecule has 0 radical (unpaired) electrons. The summed E-state index contributed by atoms with van der Waals surface area (Å²) in [4.78, 5) is 32.3. The molecule has 1 atom stereocenters. The van der Waals surface area contributed by atoms with Crippen LogP contribution in [0.4, 0.5) is 0 Å². The van der Waals surface area contributed by atoms with Gasteiger partial charge in [-0.3, -0.25) is 14.3 Å². The highest BCUT2D eigenvalue weighted by Gasteiger charge is 2.31. The standard InChI is InChI=1S/C17H23N5O3S/c1-25-10-7-19-17(24)15-5-4-14(26-15)13-3-2-8-22(13)16(23)6-9-21-12-18-11-20-21/h4-5,11-13H,2-3,6-10H2,1H3,(H,19,24). The number of thiophene rings is 1. The second-order valence-corrected chi connectivity index (χ2v) is 7.22. The molecule has 0 aromatic carbocycles. The molecule has 2 aromatic heterocycles. The van der Waals surface area contributed by atoms with E-state index in [-0.39, 0.29) is 17.9 Å². The number of aromatic nitrogens is 3. The number of carbonyl (C=O) groups excluding carboxylic acids is 2. The van der Waals surface area contributed by atoms with Crippen molar-refractivity contribution in [3.8, 4) is 0 Å². The molecule has 3 rings (SSSR count). The Kier molecular flexibility index (Phi) is 6.35. The summed E-state index contributed by atoms with van der Waals surface area (Å²) in [5, 5.41) is 6.85. The van der Waals surface area contributed by atoms with Crippen LogP contribution in [0.3, 0.4) is 0 Å². The van der Waals surface area contributed by atoms with Gasteiger partial charge in [0.25, 0.3) is 5.91 Å². The number of carbonyl (C=O) groups is 2. The number of hydrogen-bond donors (Lipinski definition) is 1. The summed E-state index contributed by atoms with van der Waals surface area (Å²) >= 11 is 1.46. The highest BCUT2D eigenvalue weighted by atomic mass is 32.1. The predicted octanol–water partition coefficient (Wildman–Crippen LogP) is 1.47. The second kappa shape index (κ2) is 8.91. The van der Waals surface area contributed by atoms with E-state index in [0.29, 0.717) is 31.0 Å². The van der Waals surface area contributed by atoms with Crippen LogP contribution in [0.15, 0.2) is 24.8 Å². The number of aryl methyl sites for hydroxylation is 1. The van der Waals surface area contributed by atoms with Crippen LogP contribution in [0.2, 0.25) is 0 Å². The molecule has 1 saturated heterocycles. The predicted molar refractivity (Wildman–Crippen MR) is 96.9 cm³/mol. The van der Waals surface area contributed by atoms with Crippen molar-refractivity contribution in [1.82, 2.24) is 25.0 Å². The summed E-state index contributed by atoms with van der Waals surface area (Å²) in [5.74, 6) is 0.0165. The van der Waals surface area contributed by atoms with Crippen molar-refractivity contribution < 1.29 is 14.3 Å². The zero-order valence-corrected chi connectivity index (χ0v) is 15.6. The summed E-state index contributed by atoms with van der Waals surface area (Å²) in [6, 6.07) is 3.85. The molecule has 0 aliphatic carbocycles. The van der Waals surface area contributed by atoms with E-state index in [4.69, 9.17) is 4.74 Å². The molecule has 3 heterocycles. The molecule has 1 unspecified atom stereocenters. The van der Waals surface area contributed by atoms with Gasteiger partial charge in [-0.25, -0.2) is 4.98 Å². The van der Waals surface area contributed by atoms with E-state index >= 15 is 0 Å². The van der Waals surface area contributed by atoms with E-state index in [1.165, 1.54) is 17.7 Å². The zero-order chi connectivity index (χ0) is 18.4. The van der Waals surface area contributed by atoms with Crippen molar-refractivity contribution in [3.05, 3.63) is 34.5 Å². The first-order valence-corrected chi connectivity index (χ1v) is 9.49. The molecule has 1 aliphatic rings. The maximum absolute atomic E-state index is 12.6. The van der Waals surface area contributed by atoms with Gasteiger partial charge in [-0.2, -0.15) is 5.10 Å². The molecule has 1 N–H and O–H groups in total. The van der Waals surface area contributed by atoms with Crippen LogP contribution in [0.1, 0.15) is 39.9 Å². The molecule has 2 aromatic rings. The monoisotopic (exact) mass is 377 g/mol. The Hall–Kier alpha value is -2.26. The van der Waals surface area contributed by atoms with Gasteiger partial charge in [-0.15, -0.1) is 11.3 Å². The number of hydrogen-bond acceptors (Lipinski definition) is 6. The number of nitrogens with one attached hydrogen (secondary N) is 1. The molecule has 8 nitrogen and oxygen atoms in total.